The van der Waals surface area contributed by atoms with Crippen LogP contribution in [0.2, 0.25) is 0 Å². The lowest BCUT2D eigenvalue weighted by atomic mass is 10.3. The summed E-state index contributed by atoms with van der Waals surface area (Å²) < 4.78 is 3.08. The maximum absolute atomic E-state index is 4.11. The highest BCUT2D eigenvalue weighted by Gasteiger charge is 2.15. The summed E-state index contributed by atoms with van der Waals surface area (Å²) in [5.41, 5.74) is 0. The predicted octanol–water partition coefficient (Wildman–Crippen LogP) is 1.18. The van der Waals surface area contributed by atoms with Crippen molar-refractivity contribution in [3.05, 3.63) is 17.1 Å². The third kappa shape index (κ3) is 1.46. The summed E-state index contributed by atoms with van der Waals surface area (Å²) in [7, 11) is 0. The summed E-state index contributed by atoms with van der Waals surface area (Å²) >= 11 is 3.33. The van der Waals surface area contributed by atoms with E-state index in [2.05, 4.69) is 30.8 Å². The van der Waals surface area contributed by atoms with Crippen LogP contribution in [-0.2, 0) is 0 Å². The summed E-state index contributed by atoms with van der Waals surface area (Å²) in [6.07, 6.45) is 5.11. The molecule has 1 N–H and O–H groups in total. The Morgan fingerprint density at radius 1 is 1.73 bits per heavy atom. The molecule has 1 atom stereocenters. The van der Waals surface area contributed by atoms with Gasteiger partial charge in [-0.1, -0.05) is 0 Å². The zero-order chi connectivity index (χ0) is 7.68. The van der Waals surface area contributed by atoms with Crippen LogP contribution in [-0.4, -0.2) is 22.6 Å². The van der Waals surface area contributed by atoms with Crippen LogP contribution in [0, 0.1) is 0 Å². The van der Waals surface area contributed by atoms with Crippen molar-refractivity contribution in [3.63, 3.8) is 0 Å². The Morgan fingerprint density at radius 3 is 3.18 bits per heavy atom. The fourth-order valence-electron chi connectivity index (χ4n) is 1.41. The first-order valence-electron chi connectivity index (χ1n) is 3.76. The van der Waals surface area contributed by atoms with Gasteiger partial charge < -0.3 is 9.88 Å². The summed E-state index contributed by atoms with van der Waals surface area (Å²) in [6.45, 7) is 2.20. The molecule has 0 amide bonds. The molecule has 1 saturated heterocycles. The maximum Gasteiger partial charge on any atom is 0.124 e. The lowest BCUT2D eigenvalue weighted by Crippen LogP contribution is -2.11. The van der Waals surface area contributed by atoms with E-state index in [9.17, 15) is 0 Å². The quantitative estimate of drug-likeness (QED) is 0.763. The molecule has 0 radical (unpaired) electrons. The molecular formula is C7H10BrN3. The van der Waals surface area contributed by atoms with Gasteiger partial charge in [-0.3, -0.25) is 0 Å². The van der Waals surface area contributed by atoms with Gasteiger partial charge in [-0.25, -0.2) is 4.98 Å². The van der Waals surface area contributed by atoms with E-state index in [1.54, 1.807) is 0 Å². The van der Waals surface area contributed by atoms with Crippen molar-refractivity contribution >= 4 is 15.9 Å². The Morgan fingerprint density at radius 2 is 2.64 bits per heavy atom. The highest BCUT2D eigenvalue weighted by molar-refractivity contribution is 9.10. The number of aromatic nitrogens is 2. The molecule has 1 aromatic heterocycles. The number of imidazole rings is 1. The molecule has 0 saturated carbocycles. The van der Waals surface area contributed by atoms with Gasteiger partial charge in [0.2, 0.25) is 0 Å². The van der Waals surface area contributed by atoms with Gasteiger partial charge in [0.1, 0.15) is 4.60 Å². The smallest absolute Gasteiger partial charge is 0.124 e. The normalized spacial score (nSPS) is 24.3. The van der Waals surface area contributed by atoms with Gasteiger partial charge in [-0.05, 0) is 28.9 Å². The largest absolute Gasteiger partial charge is 0.332 e. The van der Waals surface area contributed by atoms with Crippen LogP contribution >= 0.6 is 15.9 Å². The van der Waals surface area contributed by atoms with Crippen molar-refractivity contribution in [1.29, 1.82) is 0 Å². The highest BCUT2D eigenvalue weighted by atomic mass is 79.9. The van der Waals surface area contributed by atoms with E-state index in [0.717, 1.165) is 17.7 Å². The van der Waals surface area contributed by atoms with Crippen LogP contribution < -0.4 is 5.32 Å². The topological polar surface area (TPSA) is 29.9 Å². The van der Waals surface area contributed by atoms with Gasteiger partial charge >= 0.3 is 0 Å². The molecule has 1 unspecified atom stereocenters. The molecule has 1 fully saturated rings. The standard InChI is InChI=1S/C7H10BrN3/c8-7-4-11(5-10-7)6-1-2-9-3-6/h4-6,9H,1-3H2. The fourth-order valence-corrected chi connectivity index (χ4v) is 1.73. The predicted molar refractivity (Wildman–Crippen MR) is 46.5 cm³/mol. The van der Waals surface area contributed by atoms with E-state index >= 15 is 0 Å². The summed E-state index contributed by atoms with van der Waals surface area (Å²) in [6, 6.07) is 0.605. The number of nitrogens with zero attached hydrogens (tertiary/aromatic N) is 2. The molecule has 2 heterocycles. The van der Waals surface area contributed by atoms with Gasteiger partial charge in [0.05, 0.1) is 6.33 Å². The van der Waals surface area contributed by atoms with Crippen LogP contribution in [0.15, 0.2) is 17.1 Å². The number of hydrogen-bond acceptors (Lipinski definition) is 2. The van der Waals surface area contributed by atoms with E-state index in [4.69, 9.17) is 0 Å². The lowest BCUT2D eigenvalue weighted by molar-refractivity contribution is 0.546. The molecule has 1 aromatic rings. The Hall–Kier alpha value is -0.350. The molecule has 2 rings (SSSR count). The Balaban J connectivity index is 2.15. The van der Waals surface area contributed by atoms with Crippen molar-refractivity contribution in [2.75, 3.05) is 13.1 Å². The minimum absolute atomic E-state index is 0.605. The van der Waals surface area contributed by atoms with Crippen molar-refractivity contribution in [1.82, 2.24) is 14.9 Å². The van der Waals surface area contributed by atoms with E-state index < -0.39 is 0 Å². The second-order valence-corrected chi connectivity index (χ2v) is 3.60. The van der Waals surface area contributed by atoms with Crippen molar-refractivity contribution in [2.45, 2.75) is 12.5 Å². The number of halogens is 1. The Bertz CT molecular complexity index is 240. The van der Waals surface area contributed by atoms with Crippen molar-refractivity contribution in [2.24, 2.45) is 0 Å². The first kappa shape index (κ1) is 7.31. The summed E-state index contributed by atoms with van der Waals surface area (Å²) in [5, 5.41) is 3.32. The molecule has 0 spiro atoms. The van der Waals surface area contributed by atoms with E-state index in [1.165, 1.54) is 6.42 Å². The SMILES string of the molecule is Brc1cn(C2CCNC2)cn1. The first-order chi connectivity index (χ1) is 5.36. The van der Waals surface area contributed by atoms with Crippen LogP contribution in [0.4, 0.5) is 0 Å². The number of nitrogens with one attached hydrogen (secondary N) is 1. The van der Waals surface area contributed by atoms with Crippen LogP contribution in [0.1, 0.15) is 12.5 Å². The zero-order valence-corrected chi connectivity index (χ0v) is 7.71. The monoisotopic (exact) mass is 215 g/mol. The van der Waals surface area contributed by atoms with Crippen LogP contribution in [0.25, 0.3) is 0 Å². The van der Waals surface area contributed by atoms with Gasteiger partial charge in [0.15, 0.2) is 0 Å². The maximum atomic E-state index is 4.11. The summed E-state index contributed by atoms with van der Waals surface area (Å²) in [5.74, 6) is 0. The van der Waals surface area contributed by atoms with Gasteiger partial charge in [0, 0.05) is 18.8 Å². The molecule has 4 heteroatoms. The molecule has 1 aliphatic heterocycles. The summed E-state index contributed by atoms with van der Waals surface area (Å²) in [4.78, 5) is 4.11. The van der Waals surface area contributed by atoms with Gasteiger partial charge in [-0.15, -0.1) is 0 Å². The molecule has 0 aromatic carbocycles. The molecule has 1 aliphatic rings. The minimum atomic E-state index is 0.605. The average molecular weight is 216 g/mol. The first-order valence-corrected chi connectivity index (χ1v) is 4.55. The van der Waals surface area contributed by atoms with Gasteiger partial charge in [0.25, 0.3) is 0 Å². The molecule has 3 nitrogen and oxygen atoms in total. The highest BCUT2D eigenvalue weighted by Crippen LogP contribution is 2.16. The Kier molecular flexibility index (Phi) is 1.96. The van der Waals surface area contributed by atoms with Crippen LogP contribution in [0.5, 0.6) is 0 Å². The molecule has 0 bridgehead atoms. The fraction of sp³-hybridized carbons (Fsp3) is 0.571. The number of hydrogen-bond donors (Lipinski definition) is 1. The molecular weight excluding hydrogens is 206 g/mol. The third-order valence-corrected chi connectivity index (χ3v) is 2.44. The van der Waals surface area contributed by atoms with Crippen LogP contribution in [0.3, 0.4) is 0 Å². The lowest BCUT2D eigenvalue weighted by Gasteiger charge is -2.07. The van der Waals surface area contributed by atoms with Gasteiger partial charge in [-0.2, -0.15) is 0 Å². The third-order valence-electron chi connectivity index (χ3n) is 2.03. The van der Waals surface area contributed by atoms with E-state index in [-0.39, 0.29) is 0 Å². The van der Waals surface area contributed by atoms with E-state index in [0.29, 0.717) is 6.04 Å². The second-order valence-electron chi connectivity index (χ2n) is 2.79. The van der Waals surface area contributed by atoms with Crippen molar-refractivity contribution in [3.8, 4) is 0 Å². The average Bonchev–Trinajstić information content (AvgIpc) is 2.55. The van der Waals surface area contributed by atoms with Crippen molar-refractivity contribution < 1.29 is 0 Å². The molecule has 60 valence electrons. The zero-order valence-electron chi connectivity index (χ0n) is 6.13. The number of rotatable bonds is 1. The second kappa shape index (κ2) is 2.95. The minimum Gasteiger partial charge on any atom is -0.332 e. The molecule has 0 aliphatic carbocycles. The van der Waals surface area contributed by atoms with E-state index in [1.807, 2.05) is 12.5 Å². The Labute approximate surface area is 73.9 Å². The molecule has 11 heavy (non-hydrogen) atoms.